The van der Waals surface area contributed by atoms with Crippen molar-refractivity contribution >= 4 is 0 Å². The highest BCUT2D eigenvalue weighted by Crippen LogP contribution is 2.53. The van der Waals surface area contributed by atoms with E-state index in [1.807, 2.05) is 0 Å². The first kappa shape index (κ1) is 24.1. The van der Waals surface area contributed by atoms with E-state index in [4.69, 9.17) is 0 Å². The molecule has 0 aromatic carbocycles. The van der Waals surface area contributed by atoms with Crippen molar-refractivity contribution in [1.29, 1.82) is 5.26 Å². The van der Waals surface area contributed by atoms with Crippen LogP contribution in [0.4, 0.5) is 0 Å². The summed E-state index contributed by atoms with van der Waals surface area (Å²) >= 11 is 0. The lowest BCUT2D eigenvalue weighted by molar-refractivity contribution is 0.0288. The molecule has 3 aliphatic rings. The molecule has 3 aliphatic carbocycles. The lowest BCUT2D eigenvalue weighted by Gasteiger charge is -2.48. The topological polar surface area (TPSA) is 23.8 Å². The van der Waals surface area contributed by atoms with E-state index in [1.165, 1.54) is 128 Å². The Hall–Kier alpha value is -0.510. The van der Waals surface area contributed by atoms with Crippen LogP contribution in [0.5, 0.6) is 0 Å². The average Bonchev–Trinajstić information content (AvgIpc) is 2.80. The Morgan fingerprint density at radius 3 is 2.07 bits per heavy atom. The van der Waals surface area contributed by atoms with Gasteiger partial charge >= 0.3 is 0 Å². The fourth-order valence-corrected chi connectivity index (χ4v) is 7.84. The third-order valence-electron chi connectivity index (χ3n) is 9.75. The van der Waals surface area contributed by atoms with Gasteiger partial charge in [0.15, 0.2) is 0 Å². The molecule has 0 heterocycles. The Balaban J connectivity index is 1.46. The largest absolute Gasteiger partial charge is 0.198 e. The van der Waals surface area contributed by atoms with Gasteiger partial charge in [0.05, 0.1) is 6.07 Å². The van der Waals surface area contributed by atoms with E-state index in [0.717, 1.165) is 17.8 Å². The predicted molar refractivity (Wildman–Crippen MR) is 129 cm³/mol. The third-order valence-corrected chi connectivity index (χ3v) is 9.75. The normalized spacial score (nSPS) is 34.4. The highest BCUT2D eigenvalue weighted by molar-refractivity contribution is 4.97. The summed E-state index contributed by atoms with van der Waals surface area (Å²) in [6.07, 6.45) is 28.3. The van der Waals surface area contributed by atoms with Gasteiger partial charge < -0.3 is 0 Å². The molecule has 0 radical (unpaired) electrons. The van der Waals surface area contributed by atoms with Gasteiger partial charge in [-0.1, -0.05) is 90.9 Å². The molecule has 3 fully saturated rings. The van der Waals surface area contributed by atoms with E-state index in [-0.39, 0.29) is 0 Å². The highest BCUT2D eigenvalue weighted by Gasteiger charge is 2.42. The Morgan fingerprint density at radius 2 is 1.47 bits per heavy atom. The van der Waals surface area contributed by atoms with E-state index < -0.39 is 0 Å². The van der Waals surface area contributed by atoms with E-state index in [0.29, 0.717) is 17.3 Å². The fraction of sp³-hybridized carbons (Fsp3) is 0.966. The summed E-state index contributed by atoms with van der Waals surface area (Å²) in [6.45, 7) is 4.71. The second kappa shape index (κ2) is 12.5. The summed E-state index contributed by atoms with van der Waals surface area (Å²) in [4.78, 5) is 0. The van der Waals surface area contributed by atoms with Gasteiger partial charge in [-0.15, -0.1) is 0 Å². The molecule has 3 rings (SSSR count). The first-order valence-electron chi connectivity index (χ1n) is 14.1. The fourth-order valence-electron chi connectivity index (χ4n) is 7.84. The number of rotatable bonds is 10. The van der Waals surface area contributed by atoms with Crippen molar-refractivity contribution in [1.82, 2.24) is 0 Å². The van der Waals surface area contributed by atoms with Crippen LogP contribution >= 0.6 is 0 Å². The van der Waals surface area contributed by atoms with Crippen LogP contribution in [-0.4, -0.2) is 0 Å². The van der Waals surface area contributed by atoms with Gasteiger partial charge in [-0.05, 0) is 80.5 Å². The van der Waals surface area contributed by atoms with E-state index in [1.54, 1.807) is 0 Å². The van der Waals surface area contributed by atoms with Crippen molar-refractivity contribution in [3.63, 3.8) is 0 Å². The van der Waals surface area contributed by atoms with Crippen LogP contribution in [-0.2, 0) is 0 Å². The van der Waals surface area contributed by atoms with Crippen LogP contribution in [0.3, 0.4) is 0 Å². The summed E-state index contributed by atoms with van der Waals surface area (Å²) in [5, 5.41) is 10.0. The predicted octanol–water partition coefficient (Wildman–Crippen LogP) is 9.46. The average molecular weight is 414 g/mol. The second-order valence-corrected chi connectivity index (χ2v) is 11.6. The molecule has 30 heavy (non-hydrogen) atoms. The van der Waals surface area contributed by atoms with Gasteiger partial charge in [0, 0.05) is 5.92 Å². The Bertz CT molecular complexity index is 495. The minimum atomic E-state index is 0.345. The zero-order valence-electron chi connectivity index (χ0n) is 20.5. The number of hydrogen-bond donors (Lipinski definition) is 0. The van der Waals surface area contributed by atoms with Crippen LogP contribution in [0.1, 0.15) is 142 Å². The summed E-state index contributed by atoms with van der Waals surface area (Å²) in [6, 6.07) is 2.81. The van der Waals surface area contributed by atoms with Gasteiger partial charge in [-0.3, -0.25) is 0 Å². The molecule has 3 saturated carbocycles. The van der Waals surface area contributed by atoms with Crippen molar-refractivity contribution in [2.45, 2.75) is 142 Å². The Morgan fingerprint density at radius 1 is 0.800 bits per heavy atom. The molecule has 1 heteroatoms. The zero-order chi connectivity index (χ0) is 21.2. The number of unbranched alkanes of at least 4 members (excludes halogenated alkanes) is 2. The number of nitriles is 1. The molecule has 0 saturated heterocycles. The second-order valence-electron chi connectivity index (χ2n) is 11.6. The molecule has 0 bridgehead atoms. The highest BCUT2D eigenvalue weighted by atomic mass is 14.5. The van der Waals surface area contributed by atoms with Crippen LogP contribution in [0.15, 0.2) is 0 Å². The quantitative estimate of drug-likeness (QED) is 0.327. The van der Waals surface area contributed by atoms with Crippen molar-refractivity contribution in [3.8, 4) is 6.07 Å². The lowest BCUT2D eigenvalue weighted by atomic mass is 9.57. The molecular formula is C29H51N. The maximum Gasteiger partial charge on any atom is 0.0658 e. The lowest BCUT2D eigenvalue weighted by Crippen LogP contribution is -2.37. The van der Waals surface area contributed by atoms with Gasteiger partial charge in [0.1, 0.15) is 0 Å². The van der Waals surface area contributed by atoms with Crippen molar-refractivity contribution in [2.75, 3.05) is 0 Å². The van der Waals surface area contributed by atoms with Gasteiger partial charge in [-0.2, -0.15) is 5.26 Å². The third kappa shape index (κ3) is 6.50. The molecule has 0 N–H and O–H groups in total. The molecule has 1 unspecified atom stereocenters. The van der Waals surface area contributed by atoms with Crippen molar-refractivity contribution in [2.24, 2.45) is 35.0 Å². The summed E-state index contributed by atoms with van der Waals surface area (Å²) in [5.41, 5.74) is 0.641. The smallest absolute Gasteiger partial charge is 0.0658 e. The summed E-state index contributed by atoms with van der Waals surface area (Å²) < 4.78 is 0. The molecule has 0 aliphatic heterocycles. The van der Waals surface area contributed by atoms with Crippen LogP contribution < -0.4 is 0 Å². The monoisotopic (exact) mass is 413 g/mol. The van der Waals surface area contributed by atoms with Crippen LogP contribution in [0, 0.1) is 46.3 Å². The maximum atomic E-state index is 10.0. The molecular weight excluding hydrogens is 362 g/mol. The Kier molecular flexibility index (Phi) is 10.1. The first-order valence-corrected chi connectivity index (χ1v) is 14.1. The SMILES string of the molecule is CCCCCC1CCC(CC(C#N)[C@H]2CC[C@@](CCC)(C3CCCCC3)CC2)CC1. The van der Waals surface area contributed by atoms with E-state index >= 15 is 0 Å². The van der Waals surface area contributed by atoms with E-state index in [9.17, 15) is 5.26 Å². The molecule has 1 nitrogen and oxygen atoms in total. The molecule has 0 amide bonds. The summed E-state index contributed by atoms with van der Waals surface area (Å²) in [7, 11) is 0. The molecule has 0 spiro atoms. The maximum absolute atomic E-state index is 10.0. The Labute approximate surface area is 188 Å². The van der Waals surface area contributed by atoms with Crippen LogP contribution in [0.2, 0.25) is 0 Å². The van der Waals surface area contributed by atoms with E-state index in [2.05, 4.69) is 19.9 Å². The first-order chi connectivity index (χ1) is 14.7. The number of nitrogens with zero attached hydrogens (tertiary/aromatic N) is 1. The van der Waals surface area contributed by atoms with Crippen LogP contribution in [0.25, 0.3) is 0 Å². The van der Waals surface area contributed by atoms with Crippen molar-refractivity contribution < 1.29 is 0 Å². The molecule has 1 atom stereocenters. The molecule has 0 aromatic rings. The minimum Gasteiger partial charge on any atom is -0.198 e. The zero-order valence-corrected chi connectivity index (χ0v) is 20.5. The van der Waals surface area contributed by atoms with Gasteiger partial charge in [0.25, 0.3) is 0 Å². The molecule has 0 aromatic heterocycles. The van der Waals surface area contributed by atoms with Gasteiger partial charge in [0.2, 0.25) is 0 Å². The molecule has 172 valence electrons. The van der Waals surface area contributed by atoms with Crippen molar-refractivity contribution in [3.05, 3.63) is 0 Å². The number of hydrogen-bond acceptors (Lipinski definition) is 1. The minimum absolute atomic E-state index is 0.345. The van der Waals surface area contributed by atoms with Gasteiger partial charge in [-0.25, -0.2) is 0 Å². The summed E-state index contributed by atoms with van der Waals surface area (Å²) in [5.74, 6) is 3.88. The standard InChI is InChI=1S/C29H51N/c1-3-5-7-10-24-13-15-25(16-14-24)22-27(23-30)26-17-20-29(19-4-2,21-18-26)28-11-8-6-9-12-28/h24-28H,3-22H2,1-2H3/t24?,25?,26-,27?,29+.